The molecule has 0 aliphatic rings. The van der Waals surface area contributed by atoms with Crippen LogP contribution in [0.4, 0.5) is 8.78 Å². The van der Waals surface area contributed by atoms with Gasteiger partial charge in [0.1, 0.15) is 11.6 Å². The zero-order valence-electron chi connectivity index (χ0n) is 12.4. The van der Waals surface area contributed by atoms with Crippen LogP contribution in [-0.2, 0) is 6.42 Å². The highest BCUT2D eigenvalue weighted by Gasteiger charge is 2.15. The van der Waals surface area contributed by atoms with Gasteiger partial charge < -0.3 is 10.4 Å². The molecule has 0 unspecified atom stereocenters. The van der Waals surface area contributed by atoms with Crippen molar-refractivity contribution in [3.63, 3.8) is 0 Å². The molecule has 22 heavy (non-hydrogen) atoms. The summed E-state index contributed by atoms with van der Waals surface area (Å²) in [4.78, 5) is 0. The van der Waals surface area contributed by atoms with Crippen LogP contribution in [0.15, 0.2) is 48.5 Å². The van der Waals surface area contributed by atoms with Gasteiger partial charge >= 0.3 is 0 Å². The van der Waals surface area contributed by atoms with Crippen LogP contribution in [0.25, 0.3) is 0 Å². The maximum atomic E-state index is 13.9. The molecule has 0 bridgehead atoms. The third kappa shape index (κ3) is 4.90. The van der Waals surface area contributed by atoms with Gasteiger partial charge in [-0.15, -0.1) is 0 Å². The van der Waals surface area contributed by atoms with E-state index < -0.39 is 5.82 Å². The predicted molar refractivity (Wildman–Crippen MR) is 83.8 cm³/mol. The van der Waals surface area contributed by atoms with Gasteiger partial charge in [-0.3, -0.25) is 0 Å². The first-order valence-corrected chi connectivity index (χ1v) is 7.51. The van der Waals surface area contributed by atoms with Crippen LogP contribution >= 0.6 is 0 Å². The van der Waals surface area contributed by atoms with Crippen molar-refractivity contribution >= 4 is 0 Å². The van der Waals surface area contributed by atoms with Crippen LogP contribution in [0.2, 0.25) is 0 Å². The molecule has 4 heteroatoms. The number of benzene rings is 2. The van der Waals surface area contributed by atoms with E-state index in [1.165, 1.54) is 12.1 Å². The van der Waals surface area contributed by atoms with Crippen LogP contribution in [-0.4, -0.2) is 24.8 Å². The second-order valence-electron chi connectivity index (χ2n) is 5.31. The Kier molecular flexibility index (Phi) is 6.49. The summed E-state index contributed by atoms with van der Waals surface area (Å²) in [6.07, 6.45) is 1.24. The summed E-state index contributed by atoms with van der Waals surface area (Å²) in [6.45, 7) is 1.35. The van der Waals surface area contributed by atoms with E-state index in [0.717, 1.165) is 24.6 Å². The minimum atomic E-state index is -0.415. The molecule has 0 radical (unpaired) electrons. The maximum Gasteiger partial charge on any atom is 0.126 e. The van der Waals surface area contributed by atoms with Crippen LogP contribution in [0.5, 0.6) is 0 Å². The maximum absolute atomic E-state index is 13.9. The predicted octanol–water partition coefficient (Wildman–Crippen LogP) is 3.26. The Balaban J connectivity index is 2.11. The molecule has 0 saturated heterocycles. The lowest BCUT2D eigenvalue weighted by molar-refractivity contribution is 0.291. The Morgan fingerprint density at radius 2 is 1.77 bits per heavy atom. The summed E-state index contributed by atoms with van der Waals surface area (Å²) in [5, 5.41) is 11.9. The van der Waals surface area contributed by atoms with E-state index in [9.17, 15) is 8.78 Å². The Labute approximate surface area is 129 Å². The molecule has 0 spiro atoms. The summed E-state index contributed by atoms with van der Waals surface area (Å²) >= 11 is 0. The van der Waals surface area contributed by atoms with Crippen molar-refractivity contribution < 1.29 is 13.9 Å². The molecule has 2 nitrogen and oxygen atoms in total. The molecule has 0 amide bonds. The van der Waals surface area contributed by atoms with Gasteiger partial charge in [0.15, 0.2) is 0 Å². The second-order valence-corrected chi connectivity index (χ2v) is 5.31. The molecular formula is C18H21F2NO. The molecule has 0 fully saturated rings. The Morgan fingerprint density at radius 3 is 2.50 bits per heavy atom. The first kappa shape index (κ1) is 16.6. The summed E-state index contributed by atoms with van der Waals surface area (Å²) < 4.78 is 27.2. The molecule has 0 aliphatic carbocycles. The third-order valence-corrected chi connectivity index (χ3v) is 3.70. The van der Waals surface area contributed by atoms with Crippen molar-refractivity contribution in [3.05, 3.63) is 71.3 Å². The average molecular weight is 305 g/mol. The van der Waals surface area contributed by atoms with Crippen molar-refractivity contribution in [1.82, 2.24) is 5.32 Å². The van der Waals surface area contributed by atoms with Gasteiger partial charge in [-0.2, -0.15) is 0 Å². The van der Waals surface area contributed by atoms with Crippen LogP contribution < -0.4 is 5.32 Å². The fourth-order valence-electron chi connectivity index (χ4n) is 2.56. The van der Waals surface area contributed by atoms with Crippen molar-refractivity contribution in [2.45, 2.75) is 18.8 Å². The zero-order valence-corrected chi connectivity index (χ0v) is 12.4. The molecule has 2 aromatic carbocycles. The number of aliphatic hydroxyl groups excluding tert-OH is 1. The number of nitrogens with one attached hydrogen (secondary N) is 1. The quantitative estimate of drug-likeness (QED) is 0.734. The minimum Gasteiger partial charge on any atom is -0.395 e. The summed E-state index contributed by atoms with van der Waals surface area (Å²) in [6, 6.07) is 13.4. The highest BCUT2D eigenvalue weighted by atomic mass is 19.1. The van der Waals surface area contributed by atoms with Crippen molar-refractivity contribution in [3.8, 4) is 0 Å². The normalized spacial score (nSPS) is 12.3. The van der Waals surface area contributed by atoms with E-state index in [2.05, 4.69) is 5.32 Å². The standard InChI is InChI=1S/C18H21F2NO/c19-17-6-7-18(20)16(13-17)12-15(8-9-21-10-11-22)14-4-2-1-3-5-14/h1-7,13,15,21-22H,8-12H2/t15-/m0/s1. The number of hydrogen-bond acceptors (Lipinski definition) is 2. The summed E-state index contributed by atoms with van der Waals surface area (Å²) in [5.41, 5.74) is 1.51. The largest absolute Gasteiger partial charge is 0.395 e. The van der Waals surface area contributed by atoms with Crippen LogP contribution in [0.1, 0.15) is 23.5 Å². The van der Waals surface area contributed by atoms with Crippen LogP contribution in [0, 0.1) is 11.6 Å². The molecule has 118 valence electrons. The third-order valence-electron chi connectivity index (χ3n) is 3.70. The lowest BCUT2D eigenvalue weighted by atomic mass is 9.89. The molecule has 0 aliphatic heterocycles. The topological polar surface area (TPSA) is 32.3 Å². The second kappa shape index (κ2) is 8.61. The molecule has 1 atom stereocenters. The van der Waals surface area contributed by atoms with Gasteiger partial charge in [-0.1, -0.05) is 30.3 Å². The first-order chi connectivity index (χ1) is 10.7. The zero-order chi connectivity index (χ0) is 15.8. The van der Waals surface area contributed by atoms with Gasteiger partial charge in [0.05, 0.1) is 6.61 Å². The molecule has 0 heterocycles. The molecule has 2 aromatic rings. The molecule has 0 aromatic heterocycles. The van der Waals surface area contributed by atoms with Crippen LogP contribution in [0.3, 0.4) is 0 Å². The van der Waals surface area contributed by atoms with Gasteiger partial charge in [0, 0.05) is 6.54 Å². The van der Waals surface area contributed by atoms with Crippen molar-refractivity contribution in [1.29, 1.82) is 0 Å². The first-order valence-electron chi connectivity index (χ1n) is 7.51. The fourth-order valence-corrected chi connectivity index (χ4v) is 2.56. The summed E-state index contributed by atoms with van der Waals surface area (Å²) in [7, 11) is 0. The SMILES string of the molecule is OCCNCC[C@@H](Cc1cc(F)ccc1F)c1ccccc1. The molecule has 0 saturated carbocycles. The number of hydrogen-bond donors (Lipinski definition) is 2. The molecule has 2 N–H and O–H groups in total. The van der Waals surface area contributed by atoms with E-state index in [4.69, 9.17) is 5.11 Å². The van der Waals surface area contributed by atoms with Gasteiger partial charge in [0.2, 0.25) is 0 Å². The van der Waals surface area contributed by atoms with E-state index in [1.54, 1.807) is 0 Å². The highest BCUT2D eigenvalue weighted by molar-refractivity contribution is 5.25. The van der Waals surface area contributed by atoms with Gasteiger partial charge in [0.25, 0.3) is 0 Å². The Morgan fingerprint density at radius 1 is 1.00 bits per heavy atom. The van der Waals surface area contributed by atoms with E-state index in [0.29, 0.717) is 18.5 Å². The van der Waals surface area contributed by atoms with Gasteiger partial charge in [-0.05, 0) is 54.6 Å². The lowest BCUT2D eigenvalue weighted by Crippen LogP contribution is -2.21. The van der Waals surface area contributed by atoms with E-state index in [-0.39, 0.29) is 18.3 Å². The summed E-state index contributed by atoms with van der Waals surface area (Å²) in [5.74, 6) is -0.684. The average Bonchev–Trinajstić information content (AvgIpc) is 2.54. The smallest absolute Gasteiger partial charge is 0.126 e. The Bertz CT molecular complexity index is 575. The minimum absolute atomic E-state index is 0.0918. The molecular weight excluding hydrogens is 284 g/mol. The lowest BCUT2D eigenvalue weighted by Gasteiger charge is -2.18. The number of rotatable bonds is 8. The van der Waals surface area contributed by atoms with Crippen molar-refractivity contribution in [2.24, 2.45) is 0 Å². The number of halogens is 2. The monoisotopic (exact) mass is 305 g/mol. The van der Waals surface area contributed by atoms with Crippen molar-refractivity contribution in [2.75, 3.05) is 19.7 Å². The Hall–Kier alpha value is -1.78. The fraction of sp³-hybridized carbons (Fsp3) is 0.333. The number of aliphatic hydroxyl groups is 1. The van der Waals surface area contributed by atoms with E-state index >= 15 is 0 Å². The van der Waals surface area contributed by atoms with E-state index in [1.807, 2.05) is 30.3 Å². The molecule has 2 rings (SSSR count). The highest BCUT2D eigenvalue weighted by Crippen LogP contribution is 2.25. The van der Waals surface area contributed by atoms with Gasteiger partial charge in [-0.25, -0.2) is 8.78 Å².